The van der Waals surface area contributed by atoms with Crippen molar-refractivity contribution >= 4 is 11.9 Å². The second-order valence-electron chi connectivity index (χ2n) is 4.44. The summed E-state index contributed by atoms with van der Waals surface area (Å²) in [7, 11) is 0. The first kappa shape index (κ1) is 14.2. The second-order valence-corrected chi connectivity index (χ2v) is 4.44. The highest BCUT2D eigenvalue weighted by Crippen LogP contribution is 2.28. The van der Waals surface area contributed by atoms with Crippen LogP contribution in [0.5, 0.6) is 0 Å². The summed E-state index contributed by atoms with van der Waals surface area (Å²) in [5.41, 5.74) is 2.35. The number of carbonyl (C=O) groups is 2. The van der Waals surface area contributed by atoms with E-state index in [1.54, 1.807) is 19.9 Å². The molecule has 0 saturated heterocycles. The summed E-state index contributed by atoms with van der Waals surface area (Å²) in [5, 5.41) is 18.3. The minimum atomic E-state index is -0.982. The maximum Gasteiger partial charge on any atom is 0.335 e. The van der Waals surface area contributed by atoms with Crippen molar-refractivity contribution in [2.75, 3.05) is 0 Å². The Bertz CT molecular complexity index is 477. The third-order valence-electron chi connectivity index (χ3n) is 3.31. The minimum Gasteiger partial charge on any atom is -0.481 e. The SMILES string of the molecule is CCCC(C(=O)O)c1ccc(C(=O)O)c(C)c1C. The van der Waals surface area contributed by atoms with Gasteiger partial charge in [-0.3, -0.25) is 4.79 Å². The Morgan fingerprint density at radius 1 is 1.17 bits per heavy atom. The van der Waals surface area contributed by atoms with E-state index in [-0.39, 0.29) is 5.56 Å². The molecule has 0 radical (unpaired) electrons. The van der Waals surface area contributed by atoms with Gasteiger partial charge in [0, 0.05) is 0 Å². The van der Waals surface area contributed by atoms with Gasteiger partial charge in [0.05, 0.1) is 11.5 Å². The summed E-state index contributed by atoms with van der Waals surface area (Å²) in [6.07, 6.45) is 1.33. The van der Waals surface area contributed by atoms with E-state index in [1.807, 2.05) is 6.92 Å². The first-order valence-corrected chi connectivity index (χ1v) is 5.96. The maximum absolute atomic E-state index is 11.3. The fourth-order valence-electron chi connectivity index (χ4n) is 2.15. The standard InChI is InChI=1S/C14H18O4/c1-4-5-12(14(17)18)10-6-7-11(13(15)16)9(3)8(10)2/h6-7,12H,4-5H2,1-3H3,(H,15,16)(H,17,18). The largest absolute Gasteiger partial charge is 0.481 e. The third kappa shape index (κ3) is 2.70. The van der Waals surface area contributed by atoms with E-state index in [1.165, 1.54) is 6.07 Å². The molecule has 0 aliphatic heterocycles. The first-order valence-electron chi connectivity index (χ1n) is 5.96. The smallest absolute Gasteiger partial charge is 0.335 e. The van der Waals surface area contributed by atoms with E-state index >= 15 is 0 Å². The topological polar surface area (TPSA) is 74.6 Å². The molecule has 1 unspecified atom stereocenters. The number of carboxylic acids is 2. The molecule has 0 saturated carbocycles. The zero-order chi connectivity index (χ0) is 13.9. The molecule has 0 aromatic heterocycles. The Balaban J connectivity index is 3.30. The lowest BCUT2D eigenvalue weighted by atomic mass is 9.87. The zero-order valence-corrected chi connectivity index (χ0v) is 10.9. The molecular formula is C14H18O4. The molecule has 1 aromatic carbocycles. The molecule has 0 aliphatic rings. The molecule has 0 heterocycles. The average Bonchev–Trinajstić information content (AvgIpc) is 2.29. The summed E-state index contributed by atoms with van der Waals surface area (Å²) >= 11 is 0. The summed E-state index contributed by atoms with van der Waals surface area (Å²) in [6, 6.07) is 3.12. The van der Waals surface area contributed by atoms with Crippen LogP contribution in [0.25, 0.3) is 0 Å². The van der Waals surface area contributed by atoms with Crippen LogP contribution in [0.2, 0.25) is 0 Å². The van der Waals surface area contributed by atoms with Crippen molar-refractivity contribution < 1.29 is 19.8 Å². The lowest BCUT2D eigenvalue weighted by molar-refractivity contribution is -0.139. The number of hydrogen-bond donors (Lipinski definition) is 2. The van der Waals surface area contributed by atoms with Gasteiger partial charge >= 0.3 is 11.9 Å². The van der Waals surface area contributed by atoms with Crippen molar-refractivity contribution in [3.05, 3.63) is 34.4 Å². The van der Waals surface area contributed by atoms with Crippen LogP contribution in [0.1, 0.15) is 52.7 Å². The summed E-state index contributed by atoms with van der Waals surface area (Å²) < 4.78 is 0. The van der Waals surface area contributed by atoms with Crippen LogP contribution in [-0.4, -0.2) is 22.2 Å². The quantitative estimate of drug-likeness (QED) is 0.842. The lowest BCUT2D eigenvalue weighted by Gasteiger charge is -2.17. The summed E-state index contributed by atoms with van der Waals surface area (Å²) in [6.45, 7) is 5.43. The molecule has 0 aliphatic carbocycles. The van der Waals surface area contributed by atoms with Crippen molar-refractivity contribution in [2.45, 2.75) is 39.5 Å². The maximum atomic E-state index is 11.3. The molecule has 1 aromatic rings. The molecule has 0 fully saturated rings. The second kappa shape index (κ2) is 5.67. The molecule has 4 nitrogen and oxygen atoms in total. The Hall–Kier alpha value is -1.84. The van der Waals surface area contributed by atoms with E-state index in [9.17, 15) is 14.7 Å². The van der Waals surface area contributed by atoms with Crippen molar-refractivity contribution in [1.29, 1.82) is 0 Å². The number of benzene rings is 1. The molecule has 18 heavy (non-hydrogen) atoms. The molecule has 0 amide bonds. The van der Waals surface area contributed by atoms with E-state index in [0.717, 1.165) is 12.0 Å². The van der Waals surface area contributed by atoms with Crippen LogP contribution in [0.4, 0.5) is 0 Å². The predicted octanol–water partition coefficient (Wildman–Crippen LogP) is 2.97. The normalized spacial score (nSPS) is 12.2. The molecule has 4 heteroatoms. The van der Waals surface area contributed by atoms with Gasteiger partial charge in [0.25, 0.3) is 0 Å². The van der Waals surface area contributed by atoms with Crippen molar-refractivity contribution in [1.82, 2.24) is 0 Å². The number of aliphatic carboxylic acids is 1. The van der Waals surface area contributed by atoms with Gasteiger partial charge in [0.1, 0.15) is 0 Å². The van der Waals surface area contributed by atoms with E-state index in [2.05, 4.69) is 0 Å². The number of hydrogen-bond acceptors (Lipinski definition) is 2. The van der Waals surface area contributed by atoms with E-state index in [4.69, 9.17) is 5.11 Å². The fourth-order valence-corrected chi connectivity index (χ4v) is 2.15. The Kier molecular flexibility index (Phi) is 4.48. The van der Waals surface area contributed by atoms with Crippen molar-refractivity contribution in [3.8, 4) is 0 Å². The van der Waals surface area contributed by atoms with Gasteiger partial charge in [-0.15, -0.1) is 0 Å². The van der Waals surface area contributed by atoms with Crippen LogP contribution < -0.4 is 0 Å². The Morgan fingerprint density at radius 3 is 2.22 bits per heavy atom. The average molecular weight is 250 g/mol. The Morgan fingerprint density at radius 2 is 1.78 bits per heavy atom. The molecule has 98 valence electrons. The fraction of sp³-hybridized carbons (Fsp3) is 0.429. The minimum absolute atomic E-state index is 0.233. The third-order valence-corrected chi connectivity index (χ3v) is 3.31. The van der Waals surface area contributed by atoms with Crippen LogP contribution in [-0.2, 0) is 4.79 Å². The number of rotatable bonds is 5. The lowest BCUT2D eigenvalue weighted by Crippen LogP contribution is -2.14. The van der Waals surface area contributed by atoms with Crippen LogP contribution in [0, 0.1) is 13.8 Å². The van der Waals surface area contributed by atoms with Crippen LogP contribution >= 0.6 is 0 Å². The molecule has 0 bridgehead atoms. The summed E-state index contributed by atoms with van der Waals surface area (Å²) in [5.74, 6) is -2.40. The van der Waals surface area contributed by atoms with E-state index < -0.39 is 17.9 Å². The van der Waals surface area contributed by atoms with Gasteiger partial charge in [-0.1, -0.05) is 19.4 Å². The zero-order valence-electron chi connectivity index (χ0n) is 10.9. The van der Waals surface area contributed by atoms with Crippen LogP contribution in [0.15, 0.2) is 12.1 Å². The summed E-state index contributed by atoms with van der Waals surface area (Å²) in [4.78, 5) is 22.3. The van der Waals surface area contributed by atoms with Crippen molar-refractivity contribution in [3.63, 3.8) is 0 Å². The number of carboxylic acid groups (broad SMARTS) is 2. The van der Waals surface area contributed by atoms with E-state index in [0.29, 0.717) is 17.5 Å². The predicted molar refractivity (Wildman–Crippen MR) is 68.2 cm³/mol. The van der Waals surface area contributed by atoms with Gasteiger partial charge in [-0.2, -0.15) is 0 Å². The highest BCUT2D eigenvalue weighted by atomic mass is 16.4. The van der Waals surface area contributed by atoms with Crippen LogP contribution in [0.3, 0.4) is 0 Å². The highest BCUT2D eigenvalue weighted by Gasteiger charge is 2.22. The van der Waals surface area contributed by atoms with Crippen molar-refractivity contribution in [2.24, 2.45) is 0 Å². The van der Waals surface area contributed by atoms with Gasteiger partial charge in [0.2, 0.25) is 0 Å². The monoisotopic (exact) mass is 250 g/mol. The first-order chi connectivity index (χ1) is 8.40. The molecule has 1 atom stereocenters. The molecule has 2 N–H and O–H groups in total. The van der Waals surface area contributed by atoms with Gasteiger partial charge in [0.15, 0.2) is 0 Å². The highest BCUT2D eigenvalue weighted by molar-refractivity contribution is 5.90. The Labute approximate surface area is 106 Å². The van der Waals surface area contributed by atoms with Gasteiger partial charge < -0.3 is 10.2 Å². The molecule has 1 rings (SSSR count). The molecule has 0 spiro atoms. The van der Waals surface area contributed by atoms with Gasteiger partial charge in [-0.05, 0) is 43.0 Å². The van der Waals surface area contributed by atoms with Gasteiger partial charge in [-0.25, -0.2) is 4.79 Å². The molecular weight excluding hydrogens is 232 g/mol. The number of aromatic carboxylic acids is 1.